The van der Waals surface area contributed by atoms with E-state index >= 15 is 0 Å². The number of rotatable bonds is 10. The third-order valence-corrected chi connectivity index (χ3v) is 5.64. The number of aliphatic carboxylic acids is 1. The number of benzene rings is 3. The monoisotopic (exact) mass is 415 g/mol. The summed E-state index contributed by atoms with van der Waals surface area (Å²) < 4.78 is 0. The first kappa shape index (κ1) is 22.3. The Labute approximate surface area is 183 Å². The fourth-order valence-electron chi connectivity index (χ4n) is 3.61. The van der Waals surface area contributed by atoms with Crippen molar-refractivity contribution in [3.8, 4) is 0 Å². The van der Waals surface area contributed by atoms with Gasteiger partial charge in [-0.15, -0.1) is 0 Å². The highest BCUT2D eigenvalue weighted by Crippen LogP contribution is 2.29. The summed E-state index contributed by atoms with van der Waals surface area (Å²) >= 11 is 0. The van der Waals surface area contributed by atoms with Crippen LogP contribution in [0.4, 0.5) is 0 Å². The Balaban J connectivity index is 1.55. The van der Waals surface area contributed by atoms with Crippen molar-refractivity contribution in [2.75, 3.05) is 0 Å². The second kappa shape index (κ2) is 10.6. The van der Waals surface area contributed by atoms with E-state index in [0.29, 0.717) is 25.8 Å². The van der Waals surface area contributed by atoms with E-state index in [1.807, 2.05) is 91.9 Å². The maximum atomic E-state index is 12.2. The molecule has 3 aromatic carbocycles. The van der Waals surface area contributed by atoms with E-state index in [4.69, 9.17) is 0 Å². The number of hydrogen-bond acceptors (Lipinski definition) is 2. The van der Waals surface area contributed by atoms with Crippen molar-refractivity contribution in [1.82, 2.24) is 5.32 Å². The van der Waals surface area contributed by atoms with Crippen LogP contribution in [0.2, 0.25) is 0 Å². The highest BCUT2D eigenvalue weighted by atomic mass is 16.4. The Morgan fingerprint density at radius 2 is 1.32 bits per heavy atom. The minimum atomic E-state index is -0.843. The quantitative estimate of drug-likeness (QED) is 0.499. The normalized spacial score (nSPS) is 12.7. The summed E-state index contributed by atoms with van der Waals surface area (Å²) in [4.78, 5) is 24.2. The summed E-state index contributed by atoms with van der Waals surface area (Å²) in [5.74, 6) is -0.817. The zero-order valence-corrected chi connectivity index (χ0v) is 17.9. The van der Waals surface area contributed by atoms with E-state index in [0.717, 1.165) is 28.7 Å². The molecule has 0 radical (unpaired) electrons. The van der Waals surface area contributed by atoms with Gasteiger partial charge in [-0.05, 0) is 48.4 Å². The molecule has 0 spiro atoms. The summed E-state index contributed by atoms with van der Waals surface area (Å²) in [6.07, 6.45) is 2.05. The summed E-state index contributed by atoms with van der Waals surface area (Å²) in [6, 6.07) is 27.5. The van der Waals surface area contributed by atoms with Crippen LogP contribution in [-0.4, -0.2) is 17.0 Å². The van der Waals surface area contributed by atoms with Crippen LogP contribution in [0, 0.1) is 5.41 Å². The molecular weight excluding hydrogens is 386 g/mol. The lowest BCUT2D eigenvalue weighted by molar-refractivity contribution is -0.148. The van der Waals surface area contributed by atoms with Crippen LogP contribution in [0.15, 0.2) is 84.9 Å². The summed E-state index contributed by atoms with van der Waals surface area (Å²) in [5, 5.41) is 12.8. The summed E-state index contributed by atoms with van der Waals surface area (Å²) in [7, 11) is 0. The molecule has 0 heterocycles. The van der Waals surface area contributed by atoms with E-state index in [-0.39, 0.29) is 5.91 Å². The number of amides is 1. The third kappa shape index (κ3) is 6.82. The van der Waals surface area contributed by atoms with Crippen molar-refractivity contribution < 1.29 is 14.7 Å². The van der Waals surface area contributed by atoms with E-state index in [9.17, 15) is 14.7 Å². The smallest absolute Gasteiger partial charge is 0.309 e. The van der Waals surface area contributed by atoms with Crippen molar-refractivity contribution in [2.45, 2.75) is 39.2 Å². The van der Waals surface area contributed by atoms with Gasteiger partial charge >= 0.3 is 5.97 Å². The molecule has 0 aliphatic carbocycles. The number of carboxylic acid groups (broad SMARTS) is 1. The molecule has 1 amide bonds. The molecule has 0 aliphatic rings. The Hall–Kier alpha value is -3.40. The first-order valence-corrected chi connectivity index (χ1v) is 10.6. The van der Waals surface area contributed by atoms with Gasteiger partial charge in [0.1, 0.15) is 0 Å². The molecule has 31 heavy (non-hydrogen) atoms. The molecule has 2 N–H and O–H groups in total. The van der Waals surface area contributed by atoms with Gasteiger partial charge in [0.25, 0.3) is 0 Å². The Kier molecular flexibility index (Phi) is 7.60. The number of aryl methyl sites for hydroxylation is 1. The van der Waals surface area contributed by atoms with Crippen LogP contribution >= 0.6 is 0 Å². The van der Waals surface area contributed by atoms with Crippen molar-refractivity contribution in [1.29, 1.82) is 0 Å². The molecule has 0 bridgehead atoms. The molecule has 0 aromatic heterocycles. The lowest BCUT2D eigenvalue weighted by Gasteiger charge is -2.25. The Morgan fingerprint density at radius 1 is 0.774 bits per heavy atom. The zero-order chi connectivity index (χ0) is 22.1. The van der Waals surface area contributed by atoms with Gasteiger partial charge in [-0.1, -0.05) is 84.9 Å². The molecule has 160 valence electrons. The predicted octanol–water partition coefficient (Wildman–Crippen LogP) is 4.81. The largest absolute Gasteiger partial charge is 0.481 e. The second-order valence-electron chi connectivity index (χ2n) is 8.28. The fourth-order valence-corrected chi connectivity index (χ4v) is 3.61. The second-order valence-corrected chi connectivity index (χ2v) is 8.28. The van der Waals surface area contributed by atoms with Gasteiger partial charge in [0.15, 0.2) is 0 Å². The number of nitrogens with one attached hydrogen (secondary N) is 1. The van der Waals surface area contributed by atoms with Crippen molar-refractivity contribution in [2.24, 2.45) is 5.41 Å². The molecule has 4 heteroatoms. The van der Waals surface area contributed by atoms with Gasteiger partial charge < -0.3 is 10.4 Å². The molecular formula is C27H29NO3. The van der Waals surface area contributed by atoms with Crippen LogP contribution in [0.5, 0.6) is 0 Å². The predicted molar refractivity (Wildman–Crippen MR) is 123 cm³/mol. The lowest BCUT2D eigenvalue weighted by Crippen LogP contribution is -2.30. The first-order chi connectivity index (χ1) is 14.9. The number of carbonyl (C=O) groups is 2. The Morgan fingerprint density at radius 3 is 1.90 bits per heavy atom. The standard InChI is InChI=1S/C27H29NO3/c1-27(26(30)31,17-16-21-8-4-2-5-9-21)19-23-14-12-22(13-15-23)18-25(29)28-20-24-10-6-3-7-11-24/h2-15H,16-20H2,1H3,(H,28,29)(H,30,31). The van der Waals surface area contributed by atoms with E-state index in [1.165, 1.54) is 0 Å². The van der Waals surface area contributed by atoms with E-state index in [2.05, 4.69) is 5.32 Å². The maximum absolute atomic E-state index is 12.2. The lowest BCUT2D eigenvalue weighted by atomic mass is 9.78. The minimum Gasteiger partial charge on any atom is -0.481 e. The average Bonchev–Trinajstić information content (AvgIpc) is 2.79. The van der Waals surface area contributed by atoms with Gasteiger partial charge in [-0.25, -0.2) is 0 Å². The van der Waals surface area contributed by atoms with E-state index in [1.54, 1.807) is 0 Å². The molecule has 3 aromatic rings. The summed E-state index contributed by atoms with van der Waals surface area (Å²) in [6.45, 7) is 2.32. The third-order valence-electron chi connectivity index (χ3n) is 5.64. The van der Waals surface area contributed by atoms with Crippen LogP contribution in [0.25, 0.3) is 0 Å². The summed E-state index contributed by atoms with van der Waals surface area (Å²) in [5.41, 5.74) is 3.24. The van der Waals surface area contributed by atoms with Crippen LogP contribution in [0.1, 0.15) is 35.6 Å². The molecule has 0 fully saturated rings. The van der Waals surface area contributed by atoms with Crippen molar-refractivity contribution in [3.63, 3.8) is 0 Å². The van der Waals surface area contributed by atoms with Gasteiger partial charge in [-0.3, -0.25) is 9.59 Å². The number of carboxylic acids is 1. The maximum Gasteiger partial charge on any atom is 0.309 e. The number of hydrogen-bond donors (Lipinski definition) is 2. The molecule has 3 rings (SSSR count). The molecule has 0 aliphatic heterocycles. The van der Waals surface area contributed by atoms with Gasteiger partial charge in [0.05, 0.1) is 11.8 Å². The van der Waals surface area contributed by atoms with Gasteiger partial charge in [-0.2, -0.15) is 0 Å². The Bertz CT molecular complexity index is 984. The topological polar surface area (TPSA) is 66.4 Å². The molecule has 0 saturated carbocycles. The molecule has 4 nitrogen and oxygen atoms in total. The average molecular weight is 416 g/mol. The van der Waals surface area contributed by atoms with Crippen molar-refractivity contribution >= 4 is 11.9 Å². The SMILES string of the molecule is CC(CCc1ccccc1)(Cc1ccc(CC(=O)NCc2ccccc2)cc1)C(=O)O. The van der Waals surface area contributed by atoms with Crippen LogP contribution in [-0.2, 0) is 35.4 Å². The molecule has 0 saturated heterocycles. The van der Waals surface area contributed by atoms with E-state index < -0.39 is 11.4 Å². The number of carbonyl (C=O) groups excluding carboxylic acids is 1. The highest BCUT2D eigenvalue weighted by Gasteiger charge is 2.32. The highest BCUT2D eigenvalue weighted by molar-refractivity contribution is 5.78. The van der Waals surface area contributed by atoms with Gasteiger partial charge in [0.2, 0.25) is 5.91 Å². The zero-order valence-electron chi connectivity index (χ0n) is 17.9. The first-order valence-electron chi connectivity index (χ1n) is 10.6. The van der Waals surface area contributed by atoms with Crippen LogP contribution in [0.3, 0.4) is 0 Å². The van der Waals surface area contributed by atoms with Crippen LogP contribution < -0.4 is 5.32 Å². The van der Waals surface area contributed by atoms with Gasteiger partial charge in [0, 0.05) is 6.54 Å². The molecule has 1 unspecified atom stereocenters. The molecule has 1 atom stereocenters. The fraction of sp³-hybridized carbons (Fsp3) is 0.259. The minimum absolute atomic E-state index is 0.0326. The van der Waals surface area contributed by atoms with Crippen molar-refractivity contribution in [3.05, 3.63) is 107 Å².